The van der Waals surface area contributed by atoms with Gasteiger partial charge in [0.1, 0.15) is 0 Å². The van der Waals surface area contributed by atoms with E-state index < -0.39 is 0 Å². The van der Waals surface area contributed by atoms with Crippen LogP contribution < -0.4 is 16.0 Å². The number of nitrogens with one attached hydrogen (secondary N) is 3. The smallest absolute Gasteiger partial charge is 0.251 e. The summed E-state index contributed by atoms with van der Waals surface area (Å²) in [4.78, 5) is 23.5. The summed E-state index contributed by atoms with van der Waals surface area (Å²) in [5.41, 5.74) is 2.20. The number of halogens is 1. The Bertz CT molecular complexity index is 501. The minimum absolute atomic E-state index is 0. The Kier molecular flexibility index (Phi) is 5.98. The van der Waals surface area contributed by atoms with Crippen molar-refractivity contribution in [2.75, 3.05) is 18.9 Å². The molecule has 0 saturated heterocycles. The standard InChI is InChI=1S/C14H19N3O2.ClH/c1-9-3-4-10(14(19)16-11-5-6-11)7-12(9)17-13(18)8-15-2;/h3-4,7,11,15H,5-6,8H2,1-2H3,(H,16,19)(H,17,18);1H. The molecule has 1 aromatic rings. The van der Waals surface area contributed by atoms with Crippen molar-refractivity contribution in [1.82, 2.24) is 10.6 Å². The first-order chi connectivity index (χ1) is 9.10. The van der Waals surface area contributed by atoms with Gasteiger partial charge >= 0.3 is 0 Å². The highest BCUT2D eigenvalue weighted by atomic mass is 35.5. The zero-order chi connectivity index (χ0) is 13.8. The maximum Gasteiger partial charge on any atom is 0.251 e. The predicted octanol–water partition coefficient (Wildman–Crippen LogP) is 1.47. The largest absolute Gasteiger partial charge is 0.349 e. The number of benzene rings is 1. The Balaban J connectivity index is 0.00000200. The fourth-order valence-corrected chi connectivity index (χ4v) is 1.75. The van der Waals surface area contributed by atoms with E-state index in [1.54, 1.807) is 19.2 Å². The molecule has 0 aliphatic heterocycles. The molecule has 1 aliphatic carbocycles. The molecule has 0 heterocycles. The summed E-state index contributed by atoms with van der Waals surface area (Å²) in [5.74, 6) is -0.197. The molecule has 5 nitrogen and oxygen atoms in total. The number of rotatable bonds is 5. The molecule has 0 bridgehead atoms. The number of carbonyl (C=O) groups is 2. The number of amides is 2. The lowest BCUT2D eigenvalue weighted by Crippen LogP contribution is -2.27. The molecule has 1 aliphatic rings. The summed E-state index contributed by atoms with van der Waals surface area (Å²) >= 11 is 0. The summed E-state index contributed by atoms with van der Waals surface area (Å²) in [7, 11) is 1.71. The van der Waals surface area contributed by atoms with Gasteiger partial charge in [0.2, 0.25) is 5.91 Å². The molecule has 0 atom stereocenters. The highest BCUT2D eigenvalue weighted by Crippen LogP contribution is 2.21. The number of aryl methyl sites for hydroxylation is 1. The minimum atomic E-state index is -0.120. The first-order valence-corrected chi connectivity index (χ1v) is 6.46. The van der Waals surface area contributed by atoms with E-state index in [-0.39, 0.29) is 30.8 Å². The van der Waals surface area contributed by atoms with Gasteiger partial charge in [0, 0.05) is 17.3 Å². The first-order valence-electron chi connectivity index (χ1n) is 6.46. The average molecular weight is 298 g/mol. The predicted molar refractivity (Wildman–Crippen MR) is 81.5 cm³/mol. The number of carbonyl (C=O) groups excluding carboxylic acids is 2. The second-order valence-corrected chi connectivity index (χ2v) is 4.86. The van der Waals surface area contributed by atoms with Crippen LogP contribution in [0.3, 0.4) is 0 Å². The molecule has 3 N–H and O–H groups in total. The number of hydrogen-bond acceptors (Lipinski definition) is 3. The lowest BCUT2D eigenvalue weighted by atomic mass is 10.1. The maximum atomic E-state index is 11.9. The van der Waals surface area contributed by atoms with Gasteiger partial charge in [-0.05, 0) is 44.5 Å². The molecule has 20 heavy (non-hydrogen) atoms. The molecule has 1 saturated carbocycles. The van der Waals surface area contributed by atoms with Crippen LogP contribution in [0.4, 0.5) is 5.69 Å². The Morgan fingerprint density at radius 2 is 2.00 bits per heavy atom. The summed E-state index contributed by atoms with van der Waals surface area (Å²) < 4.78 is 0. The van der Waals surface area contributed by atoms with Crippen molar-refractivity contribution in [2.24, 2.45) is 0 Å². The van der Waals surface area contributed by atoms with Crippen molar-refractivity contribution in [1.29, 1.82) is 0 Å². The van der Waals surface area contributed by atoms with Gasteiger partial charge in [0.05, 0.1) is 6.54 Å². The van der Waals surface area contributed by atoms with E-state index >= 15 is 0 Å². The average Bonchev–Trinajstić information content (AvgIpc) is 3.16. The zero-order valence-corrected chi connectivity index (χ0v) is 12.5. The van der Waals surface area contributed by atoms with Gasteiger partial charge in [0.25, 0.3) is 5.91 Å². The normalized spacial score (nSPS) is 13.3. The molecular weight excluding hydrogens is 278 g/mol. The molecule has 1 aromatic carbocycles. The monoisotopic (exact) mass is 297 g/mol. The lowest BCUT2D eigenvalue weighted by molar-refractivity contribution is -0.115. The van der Waals surface area contributed by atoms with Crippen molar-refractivity contribution in [3.63, 3.8) is 0 Å². The molecule has 110 valence electrons. The van der Waals surface area contributed by atoms with Crippen LogP contribution in [0.5, 0.6) is 0 Å². The van der Waals surface area contributed by atoms with E-state index in [0.717, 1.165) is 18.4 Å². The second-order valence-electron chi connectivity index (χ2n) is 4.86. The van der Waals surface area contributed by atoms with E-state index in [2.05, 4.69) is 16.0 Å². The molecule has 2 rings (SSSR count). The van der Waals surface area contributed by atoms with Gasteiger partial charge in [-0.25, -0.2) is 0 Å². The van der Waals surface area contributed by atoms with Gasteiger partial charge in [-0.3, -0.25) is 9.59 Å². The van der Waals surface area contributed by atoms with Crippen LogP contribution in [-0.2, 0) is 4.79 Å². The fraction of sp³-hybridized carbons (Fsp3) is 0.429. The maximum absolute atomic E-state index is 11.9. The zero-order valence-electron chi connectivity index (χ0n) is 11.7. The van der Waals surface area contributed by atoms with E-state index in [1.165, 1.54) is 0 Å². The number of anilines is 1. The molecule has 1 fully saturated rings. The van der Waals surface area contributed by atoms with Crippen LogP contribution in [-0.4, -0.2) is 31.4 Å². The van der Waals surface area contributed by atoms with Gasteiger partial charge in [-0.15, -0.1) is 12.4 Å². The lowest BCUT2D eigenvalue weighted by Gasteiger charge is -2.10. The van der Waals surface area contributed by atoms with E-state index in [9.17, 15) is 9.59 Å². The highest BCUT2D eigenvalue weighted by molar-refractivity contribution is 5.98. The SMILES string of the molecule is CNCC(=O)Nc1cc(C(=O)NC2CC2)ccc1C.Cl. The fourth-order valence-electron chi connectivity index (χ4n) is 1.75. The van der Waals surface area contributed by atoms with Crippen molar-refractivity contribution < 1.29 is 9.59 Å². The van der Waals surface area contributed by atoms with Crippen LogP contribution in [0, 0.1) is 6.92 Å². The Morgan fingerprint density at radius 3 is 2.60 bits per heavy atom. The Morgan fingerprint density at radius 1 is 1.30 bits per heavy atom. The number of hydrogen-bond donors (Lipinski definition) is 3. The molecule has 0 unspecified atom stereocenters. The van der Waals surface area contributed by atoms with Crippen LogP contribution in [0.1, 0.15) is 28.8 Å². The highest BCUT2D eigenvalue weighted by Gasteiger charge is 2.24. The van der Waals surface area contributed by atoms with Crippen LogP contribution in [0.25, 0.3) is 0 Å². The molecule has 2 amide bonds. The summed E-state index contributed by atoms with van der Waals surface area (Å²) in [5, 5.41) is 8.51. The number of likely N-dealkylation sites (N-methyl/N-ethyl adjacent to an activating group) is 1. The van der Waals surface area contributed by atoms with Gasteiger partial charge in [-0.1, -0.05) is 6.07 Å². The summed E-state index contributed by atoms with van der Waals surface area (Å²) in [6, 6.07) is 5.68. The Labute approximate surface area is 124 Å². The van der Waals surface area contributed by atoms with E-state index in [1.807, 2.05) is 13.0 Å². The third kappa shape index (κ3) is 4.51. The molecular formula is C14H20ClN3O2. The van der Waals surface area contributed by atoms with Gasteiger partial charge in [0.15, 0.2) is 0 Å². The van der Waals surface area contributed by atoms with Crippen molar-refractivity contribution in [3.8, 4) is 0 Å². The van der Waals surface area contributed by atoms with E-state index in [0.29, 0.717) is 17.3 Å². The molecule has 0 aromatic heterocycles. The summed E-state index contributed by atoms with van der Waals surface area (Å²) in [6.07, 6.45) is 2.12. The van der Waals surface area contributed by atoms with Gasteiger partial charge < -0.3 is 16.0 Å². The molecule has 0 radical (unpaired) electrons. The van der Waals surface area contributed by atoms with Crippen molar-refractivity contribution >= 4 is 29.9 Å². The minimum Gasteiger partial charge on any atom is -0.349 e. The van der Waals surface area contributed by atoms with Crippen molar-refractivity contribution in [3.05, 3.63) is 29.3 Å². The van der Waals surface area contributed by atoms with Crippen LogP contribution >= 0.6 is 12.4 Å². The third-order valence-electron chi connectivity index (χ3n) is 3.02. The summed E-state index contributed by atoms with van der Waals surface area (Å²) in [6.45, 7) is 2.15. The quantitative estimate of drug-likeness (QED) is 0.771. The third-order valence-corrected chi connectivity index (χ3v) is 3.02. The van der Waals surface area contributed by atoms with Gasteiger partial charge in [-0.2, -0.15) is 0 Å². The van der Waals surface area contributed by atoms with Crippen molar-refractivity contribution in [2.45, 2.75) is 25.8 Å². The van der Waals surface area contributed by atoms with E-state index in [4.69, 9.17) is 0 Å². The Hall–Kier alpha value is -1.59. The topological polar surface area (TPSA) is 70.2 Å². The molecule has 0 spiro atoms. The molecule has 6 heteroatoms. The second kappa shape index (κ2) is 7.26. The first kappa shape index (κ1) is 16.5. The van der Waals surface area contributed by atoms with Crippen LogP contribution in [0.15, 0.2) is 18.2 Å². The van der Waals surface area contributed by atoms with Crippen LogP contribution in [0.2, 0.25) is 0 Å².